The molecule has 0 aliphatic rings. The average Bonchev–Trinajstić information content (AvgIpc) is 2.69. The normalized spacial score (nSPS) is 11.9. The van der Waals surface area contributed by atoms with E-state index in [2.05, 4.69) is 43.3 Å². The van der Waals surface area contributed by atoms with Crippen LogP contribution in [0.3, 0.4) is 0 Å². The molecule has 1 aromatic carbocycles. The predicted molar refractivity (Wildman–Crippen MR) is 127 cm³/mol. The Balaban J connectivity index is 2.05. The summed E-state index contributed by atoms with van der Waals surface area (Å²) in [6.07, 6.45) is 17.6. The van der Waals surface area contributed by atoms with Crippen molar-refractivity contribution in [1.82, 2.24) is 0 Å². The van der Waals surface area contributed by atoms with E-state index in [4.69, 9.17) is 9.47 Å². The Labute approximate surface area is 185 Å². The molecular weight excluding hydrogens is 372 g/mol. The van der Waals surface area contributed by atoms with Gasteiger partial charge in [0.1, 0.15) is 5.60 Å². The van der Waals surface area contributed by atoms with Crippen molar-refractivity contribution in [3.63, 3.8) is 0 Å². The second-order valence-electron chi connectivity index (χ2n) is 9.15. The van der Waals surface area contributed by atoms with Gasteiger partial charge < -0.3 is 9.47 Å². The van der Waals surface area contributed by atoms with Crippen LogP contribution in [0.25, 0.3) is 0 Å². The van der Waals surface area contributed by atoms with E-state index in [9.17, 15) is 4.79 Å². The fourth-order valence-electron chi connectivity index (χ4n) is 3.27. The highest BCUT2D eigenvalue weighted by atomic mass is 16.6. The summed E-state index contributed by atoms with van der Waals surface area (Å²) in [6, 6.07) is 8.30. The van der Waals surface area contributed by atoms with Crippen LogP contribution in [0, 0.1) is 0 Å². The van der Waals surface area contributed by atoms with Gasteiger partial charge in [0.05, 0.1) is 13.2 Å². The lowest BCUT2D eigenvalue weighted by Crippen LogP contribution is -2.23. The van der Waals surface area contributed by atoms with E-state index in [1.165, 1.54) is 51.4 Å². The molecule has 3 nitrogen and oxygen atoms in total. The van der Waals surface area contributed by atoms with Crippen LogP contribution >= 0.6 is 0 Å². The van der Waals surface area contributed by atoms with E-state index in [1.54, 1.807) is 0 Å². The number of hydrogen-bond donors (Lipinski definition) is 0. The SMILES string of the molecule is CCCCCCCCCC/C=C/COCc1ccc(CCC(=O)OC(C)(C)C)cc1. The van der Waals surface area contributed by atoms with E-state index < -0.39 is 5.60 Å². The van der Waals surface area contributed by atoms with Gasteiger partial charge in [-0.3, -0.25) is 4.79 Å². The number of benzene rings is 1. The molecule has 0 spiro atoms. The fraction of sp³-hybridized carbons (Fsp3) is 0.667. The number of unbranched alkanes of at least 4 members (excludes halogenated alkanes) is 8. The predicted octanol–water partition coefficient (Wildman–Crippen LogP) is 7.56. The van der Waals surface area contributed by atoms with Crippen molar-refractivity contribution in [3.8, 4) is 0 Å². The maximum atomic E-state index is 11.8. The van der Waals surface area contributed by atoms with Gasteiger partial charge in [-0.1, -0.05) is 88.3 Å². The molecule has 170 valence electrons. The van der Waals surface area contributed by atoms with Gasteiger partial charge in [-0.05, 0) is 51.2 Å². The van der Waals surface area contributed by atoms with Crippen LogP contribution in [0.5, 0.6) is 0 Å². The quantitative estimate of drug-likeness (QED) is 0.158. The second kappa shape index (κ2) is 16.1. The first-order valence-electron chi connectivity index (χ1n) is 11.9. The molecule has 0 atom stereocenters. The van der Waals surface area contributed by atoms with Crippen molar-refractivity contribution in [2.75, 3.05) is 6.61 Å². The third kappa shape index (κ3) is 15.3. The average molecular weight is 417 g/mol. The van der Waals surface area contributed by atoms with E-state index in [0.29, 0.717) is 26.1 Å². The lowest BCUT2D eigenvalue weighted by molar-refractivity contribution is -0.154. The minimum atomic E-state index is -0.416. The monoisotopic (exact) mass is 416 g/mol. The first-order valence-corrected chi connectivity index (χ1v) is 11.9. The molecule has 3 heteroatoms. The van der Waals surface area contributed by atoms with Crippen LogP contribution in [-0.4, -0.2) is 18.2 Å². The molecule has 0 aliphatic heterocycles. The van der Waals surface area contributed by atoms with Crippen molar-refractivity contribution in [2.24, 2.45) is 0 Å². The molecule has 1 aromatic rings. The molecule has 0 unspecified atom stereocenters. The molecule has 0 saturated carbocycles. The van der Waals surface area contributed by atoms with Crippen molar-refractivity contribution in [2.45, 2.75) is 111 Å². The lowest BCUT2D eigenvalue weighted by atomic mass is 10.1. The van der Waals surface area contributed by atoms with Crippen LogP contribution in [0.1, 0.15) is 103 Å². The lowest BCUT2D eigenvalue weighted by Gasteiger charge is -2.19. The molecule has 0 heterocycles. The summed E-state index contributed by atoms with van der Waals surface area (Å²) in [5, 5.41) is 0. The van der Waals surface area contributed by atoms with Gasteiger partial charge >= 0.3 is 5.97 Å². The molecule has 0 bridgehead atoms. The first kappa shape index (κ1) is 26.4. The Morgan fingerprint density at radius 2 is 1.47 bits per heavy atom. The Hall–Kier alpha value is -1.61. The van der Waals surface area contributed by atoms with Crippen molar-refractivity contribution >= 4 is 5.97 Å². The van der Waals surface area contributed by atoms with Crippen molar-refractivity contribution < 1.29 is 14.3 Å². The van der Waals surface area contributed by atoms with Gasteiger partial charge in [-0.15, -0.1) is 0 Å². The summed E-state index contributed by atoms with van der Waals surface area (Å²) in [4.78, 5) is 11.8. The highest BCUT2D eigenvalue weighted by molar-refractivity contribution is 5.70. The number of ether oxygens (including phenoxy) is 2. The van der Waals surface area contributed by atoms with E-state index in [-0.39, 0.29) is 5.97 Å². The molecule has 0 N–H and O–H groups in total. The molecule has 0 radical (unpaired) electrons. The zero-order chi connectivity index (χ0) is 22.1. The molecule has 1 rings (SSSR count). The second-order valence-corrected chi connectivity index (χ2v) is 9.15. The molecule has 0 fully saturated rings. The highest BCUT2D eigenvalue weighted by Crippen LogP contribution is 2.12. The summed E-state index contributed by atoms with van der Waals surface area (Å²) >= 11 is 0. The molecule has 30 heavy (non-hydrogen) atoms. The van der Waals surface area contributed by atoms with Crippen LogP contribution in [0.4, 0.5) is 0 Å². The minimum Gasteiger partial charge on any atom is -0.460 e. The summed E-state index contributed by atoms with van der Waals surface area (Å²) in [5.41, 5.74) is 1.89. The number of carbonyl (C=O) groups excluding carboxylic acids is 1. The molecule has 0 saturated heterocycles. The Bertz CT molecular complexity index is 581. The van der Waals surface area contributed by atoms with Gasteiger partial charge in [-0.2, -0.15) is 0 Å². The summed E-state index contributed by atoms with van der Waals surface area (Å²) in [5.74, 6) is -0.145. The van der Waals surface area contributed by atoms with E-state index in [0.717, 1.165) is 17.5 Å². The smallest absolute Gasteiger partial charge is 0.306 e. The zero-order valence-corrected chi connectivity index (χ0v) is 19.9. The fourth-order valence-corrected chi connectivity index (χ4v) is 3.27. The van der Waals surface area contributed by atoms with E-state index >= 15 is 0 Å². The zero-order valence-electron chi connectivity index (χ0n) is 19.9. The number of esters is 1. The molecule has 0 aromatic heterocycles. The third-order valence-electron chi connectivity index (χ3n) is 4.93. The maximum Gasteiger partial charge on any atom is 0.306 e. The number of rotatable bonds is 16. The Morgan fingerprint density at radius 1 is 0.867 bits per heavy atom. The standard InChI is InChI=1S/C27H44O3/c1-5-6-7-8-9-10-11-12-13-14-15-22-29-23-25-18-16-24(17-19-25)20-21-26(28)30-27(2,3)4/h14-19H,5-13,20-23H2,1-4H3/b15-14+. The largest absolute Gasteiger partial charge is 0.460 e. The molecule has 0 aliphatic carbocycles. The van der Waals surface area contributed by atoms with Gasteiger partial charge in [0.2, 0.25) is 0 Å². The maximum absolute atomic E-state index is 11.8. The Kier molecular flexibility index (Phi) is 14.2. The van der Waals surface area contributed by atoms with Crippen LogP contribution in [0.15, 0.2) is 36.4 Å². The number of allylic oxidation sites excluding steroid dienone is 1. The number of hydrogen-bond acceptors (Lipinski definition) is 3. The Morgan fingerprint density at radius 3 is 2.10 bits per heavy atom. The van der Waals surface area contributed by atoms with Crippen molar-refractivity contribution in [3.05, 3.63) is 47.5 Å². The summed E-state index contributed by atoms with van der Waals surface area (Å²) in [7, 11) is 0. The first-order chi connectivity index (χ1) is 14.4. The van der Waals surface area contributed by atoms with Gasteiger partial charge in [0.15, 0.2) is 0 Å². The van der Waals surface area contributed by atoms with E-state index in [1.807, 2.05) is 20.8 Å². The van der Waals surface area contributed by atoms with Crippen LogP contribution < -0.4 is 0 Å². The highest BCUT2D eigenvalue weighted by Gasteiger charge is 2.15. The summed E-state index contributed by atoms with van der Waals surface area (Å²) < 4.78 is 11.1. The van der Waals surface area contributed by atoms with Gasteiger partial charge in [-0.25, -0.2) is 0 Å². The number of carbonyl (C=O) groups is 1. The van der Waals surface area contributed by atoms with Gasteiger partial charge in [0, 0.05) is 6.42 Å². The summed E-state index contributed by atoms with van der Waals surface area (Å²) in [6.45, 7) is 9.23. The van der Waals surface area contributed by atoms with Crippen molar-refractivity contribution in [1.29, 1.82) is 0 Å². The topological polar surface area (TPSA) is 35.5 Å². The molecular formula is C27H44O3. The van der Waals surface area contributed by atoms with Gasteiger partial charge in [0.25, 0.3) is 0 Å². The minimum absolute atomic E-state index is 0.145. The molecule has 0 amide bonds. The van der Waals surface area contributed by atoms with Crippen LogP contribution in [0.2, 0.25) is 0 Å². The van der Waals surface area contributed by atoms with Crippen LogP contribution in [-0.2, 0) is 27.3 Å². The number of aryl methyl sites for hydroxylation is 1. The third-order valence-corrected chi connectivity index (χ3v) is 4.93.